The number of nitrogens with one attached hydrogen (secondary N) is 2. The van der Waals surface area contributed by atoms with Crippen molar-refractivity contribution in [2.45, 2.75) is 64.8 Å². The zero-order valence-corrected chi connectivity index (χ0v) is 22.4. The summed E-state index contributed by atoms with van der Waals surface area (Å²) >= 11 is 1.56. The summed E-state index contributed by atoms with van der Waals surface area (Å²) in [6.07, 6.45) is -0.571. The first-order valence-electron chi connectivity index (χ1n) is 12.1. The van der Waals surface area contributed by atoms with E-state index in [-0.39, 0.29) is 24.8 Å². The third-order valence-electron chi connectivity index (χ3n) is 6.91. The number of nitrogens with zero attached hydrogens (tertiary/aromatic N) is 3. The molecule has 2 unspecified atom stereocenters. The molecule has 3 heterocycles. The molecule has 9 nitrogen and oxygen atoms in total. The van der Waals surface area contributed by atoms with Crippen molar-refractivity contribution >= 4 is 49.7 Å². The number of amidine groups is 1. The number of hydrogen-bond donors (Lipinski definition) is 3. The first-order valence-corrected chi connectivity index (χ1v) is 13.0. The maximum Gasteiger partial charge on any atom is 0.257 e. The Balaban J connectivity index is 1.62. The van der Waals surface area contributed by atoms with Gasteiger partial charge in [-0.25, -0.2) is 9.98 Å². The number of thiazole rings is 1. The van der Waals surface area contributed by atoms with Crippen LogP contribution in [0.5, 0.6) is 0 Å². The molecule has 191 valence electrons. The summed E-state index contributed by atoms with van der Waals surface area (Å²) in [5.41, 5.74) is 2.65. The summed E-state index contributed by atoms with van der Waals surface area (Å²) in [6.45, 7) is 9.24. The zero-order chi connectivity index (χ0) is 27.1. The lowest BCUT2D eigenvalue weighted by Crippen LogP contribution is -2.58. The second kappa shape index (κ2) is 10.1. The molecule has 12 heteroatoms. The minimum Gasteiger partial charge on any atom is -0.391 e. The number of amides is 3. The van der Waals surface area contributed by atoms with Crippen LogP contribution >= 0.6 is 11.3 Å². The van der Waals surface area contributed by atoms with E-state index in [4.69, 9.17) is 12.7 Å². The number of carbonyl (C=O) groups excluding carboxylic acids is 3. The lowest BCUT2D eigenvalue weighted by Gasteiger charge is -2.35. The molecule has 3 N–H and O–H groups in total. The Bertz CT molecular complexity index is 1240. The first kappa shape index (κ1) is 27.1. The molecule has 1 aromatic carbocycles. The van der Waals surface area contributed by atoms with Gasteiger partial charge < -0.3 is 20.6 Å². The predicted molar refractivity (Wildman–Crippen MR) is 145 cm³/mol. The van der Waals surface area contributed by atoms with Crippen molar-refractivity contribution in [3.8, 4) is 10.4 Å². The predicted octanol–water partition coefficient (Wildman–Crippen LogP) is 1.74. The fourth-order valence-electron chi connectivity index (χ4n) is 4.76. The Labute approximate surface area is 222 Å². The third-order valence-corrected chi connectivity index (χ3v) is 7.89. The number of aliphatic imine (C=N–C) groups is 1. The van der Waals surface area contributed by atoms with E-state index in [9.17, 15) is 19.5 Å². The van der Waals surface area contributed by atoms with E-state index in [1.807, 2.05) is 52.0 Å². The lowest BCUT2D eigenvalue weighted by molar-refractivity contribution is -0.136. The maximum absolute atomic E-state index is 13.6. The van der Waals surface area contributed by atoms with Gasteiger partial charge in [0.05, 0.1) is 28.2 Å². The van der Waals surface area contributed by atoms with Crippen LogP contribution in [0.1, 0.15) is 45.4 Å². The Morgan fingerprint density at radius 2 is 2.00 bits per heavy atom. The molecule has 37 heavy (non-hydrogen) atoms. The van der Waals surface area contributed by atoms with Crippen LogP contribution in [0.15, 0.2) is 34.8 Å². The number of rotatable bonds is 6. The van der Waals surface area contributed by atoms with E-state index < -0.39 is 34.9 Å². The zero-order valence-electron chi connectivity index (χ0n) is 21.6. The van der Waals surface area contributed by atoms with Gasteiger partial charge >= 0.3 is 0 Å². The van der Waals surface area contributed by atoms with Gasteiger partial charge in [0.2, 0.25) is 5.91 Å². The van der Waals surface area contributed by atoms with Crippen molar-refractivity contribution in [1.82, 2.24) is 20.5 Å². The van der Waals surface area contributed by atoms with Gasteiger partial charge in [0.1, 0.15) is 11.9 Å². The molecule has 3 radical (unpaired) electrons. The number of β-amino-alcohol motifs (C(OH)–C–C–N with tert-alkyl or cyclic N) is 1. The first-order chi connectivity index (χ1) is 17.3. The quantitative estimate of drug-likeness (QED) is 0.503. The second-order valence-corrected chi connectivity index (χ2v) is 11.6. The monoisotopic (exact) mass is 518 g/mol. The highest BCUT2D eigenvalue weighted by Gasteiger charge is 2.48. The van der Waals surface area contributed by atoms with Crippen LogP contribution in [0.4, 0.5) is 4.79 Å². The molecule has 0 saturated carbocycles. The normalized spacial score (nSPS) is 24.4. The van der Waals surface area contributed by atoms with Crippen LogP contribution in [0.3, 0.4) is 0 Å². The van der Waals surface area contributed by atoms with Gasteiger partial charge in [0.25, 0.3) is 5.91 Å². The van der Waals surface area contributed by atoms with E-state index in [0.29, 0.717) is 11.4 Å². The van der Waals surface area contributed by atoms with Crippen LogP contribution in [-0.4, -0.2) is 78.1 Å². The minimum absolute atomic E-state index is 0.0623. The summed E-state index contributed by atoms with van der Waals surface area (Å²) in [5, 5.41) is 16.0. The van der Waals surface area contributed by atoms with Crippen LogP contribution in [0.2, 0.25) is 0 Å². The molecule has 4 rings (SSSR count). The fourth-order valence-corrected chi connectivity index (χ4v) is 5.57. The van der Waals surface area contributed by atoms with E-state index in [1.165, 1.54) is 4.90 Å². The molecule has 2 aliphatic heterocycles. The summed E-state index contributed by atoms with van der Waals surface area (Å²) < 4.78 is 0. The van der Waals surface area contributed by atoms with Crippen molar-refractivity contribution in [3.63, 3.8) is 0 Å². The van der Waals surface area contributed by atoms with Gasteiger partial charge in [-0.3, -0.25) is 14.4 Å². The molecule has 1 aromatic heterocycles. The number of aliphatic hydroxyl groups excluding tert-OH is 1. The third kappa shape index (κ3) is 5.22. The van der Waals surface area contributed by atoms with Crippen molar-refractivity contribution in [1.29, 1.82) is 0 Å². The second-order valence-electron chi connectivity index (χ2n) is 10.7. The Morgan fingerprint density at radius 1 is 1.32 bits per heavy atom. The standard InChI is InChI=1S/C25H30B2N5O4S/c1-13-18(37-12-28-13)14-6-8-15(9-7-14)25(5)22(35)30-20(31-25)17-10-16(33)11-32(17)21(34)19(24(2,3)4)29-23(36)27-26/h6-9,12,16-17,19,33H,10-11H2,1-5H3,(H,29,36)(H,30,31,35)/t16-,17?,19?,25+/m1/s1. The summed E-state index contributed by atoms with van der Waals surface area (Å²) in [7, 11) is 6.21. The molecule has 2 aromatic rings. The SMILES string of the molecule is [B][B]C(=O)NC(C(=O)N1C[C@H](O)CC1C1=N[C@@](C)(c2ccc(-c3scnc3C)cc2)C(=O)N1)C(C)(C)C. The minimum atomic E-state index is -1.19. The van der Waals surface area contributed by atoms with Crippen molar-refractivity contribution < 1.29 is 19.5 Å². The van der Waals surface area contributed by atoms with Gasteiger partial charge in [-0.2, -0.15) is 0 Å². The average molecular weight is 518 g/mol. The molecule has 1 saturated heterocycles. The fraction of sp³-hybridized carbons (Fsp3) is 0.480. The van der Waals surface area contributed by atoms with Gasteiger partial charge in [-0.15, -0.1) is 11.3 Å². The average Bonchev–Trinajstić information content (AvgIpc) is 3.53. The maximum atomic E-state index is 13.6. The molecule has 4 atom stereocenters. The van der Waals surface area contributed by atoms with Gasteiger partial charge in [-0.1, -0.05) is 45.0 Å². The highest BCUT2D eigenvalue weighted by atomic mass is 32.1. The highest BCUT2D eigenvalue weighted by Crippen LogP contribution is 2.35. The molecule has 0 bridgehead atoms. The Kier molecular flexibility index (Phi) is 7.36. The number of aliphatic hydroxyl groups is 1. The molecular weight excluding hydrogens is 488 g/mol. The molecule has 1 fully saturated rings. The van der Waals surface area contributed by atoms with Gasteiger partial charge in [0.15, 0.2) is 18.5 Å². The van der Waals surface area contributed by atoms with E-state index in [0.717, 1.165) is 23.3 Å². The molecule has 0 aliphatic carbocycles. The highest BCUT2D eigenvalue weighted by molar-refractivity contribution is 7.13. The van der Waals surface area contributed by atoms with E-state index in [1.54, 1.807) is 23.8 Å². The summed E-state index contributed by atoms with van der Waals surface area (Å²) in [4.78, 5) is 50.4. The number of aromatic nitrogens is 1. The number of aryl methyl sites for hydroxylation is 1. The number of likely N-dealkylation sites (tertiary alicyclic amines) is 1. The molecular formula is C25H30B2N5O4S. The summed E-state index contributed by atoms with van der Waals surface area (Å²) in [6, 6.07) is 6.11. The molecule has 0 spiro atoms. The largest absolute Gasteiger partial charge is 0.391 e. The van der Waals surface area contributed by atoms with Crippen molar-refractivity contribution in [2.24, 2.45) is 10.4 Å². The van der Waals surface area contributed by atoms with Gasteiger partial charge in [-0.05, 0) is 30.4 Å². The Morgan fingerprint density at radius 3 is 2.57 bits per heavy atom. The van der Waals surface area contributed by atoms with Crippen LogP contribution < -0.4 is 10.6 Å². The van der Waals surface area contributed by atoms with Crippen molar-refractivity contribution in [3.05, 3.63) is 41.0 Å². The van der Waals surface area contributed by atoms with Crippen LogP contribution in [-0.2, 0) is 15.1 Å². The molecule has 2 aliphatic rings. The van der Waals surface area contributed by atoms with Crippen molar-refractivity contribution in [2.75, 3.05) is 6.54 Å². The molecule has 3 amide bonds. The number of benzene rings is 1. The van der Waals surface area contributed by atoms with E-state index in [2.05, 4.69) is 15.6 Å². The smallest absolute Gasteiger partial charge is 0.257 e. The van der Waals surface area contributed by atoms with Gasteiger partial charge in [0, 0.05) is 20.7 Å². The van der Waals surface area contributed by atoms with Crippen LogP contribution in [0.25, 0.3) is 10.4 Å². The number of carbonyl (C=O) groups is 3. The topological polar surface area (TPSA) is 124 Å². The van der Waals surface area contributed by atoms with E-state index >= 15 is 0 Å². The summed E-state index contributed by atoms with van der Waals surface area (Å²) in [5.74, 6) is -0.930. The lowest BCUT2D eigenvalue weighted by atomic mass is 9.55. The van der Waals surface area contributed by atoms with Crippen LogP contribution in [0, 0.1) is 12.3 Å². The Hall–Kier alpha value is -2.98. The number of hydrogen-bond acceptors (Lipinski definition) is 7.